The molecule has 0 radical (unpaired) electrons. The fourth-order valence-corrected chi connectivity index (χ4v) is 1.96. The molecule has 3 aromatic rings. The molecule has 0 aliphatic rings. The van der Waals surface area contributed by atoms with Gasteiger partial charge in [-0.3, -0.25) is 4.98 Å². The summed E-state index contributed by atoms with van der Waals surface area (Å²) in [6.07, 6.45) is 3.50. The van der Waals surface area contributed by atoms with Gasteiger partial charge in [0.2, 0.25) is 0 Å². The van der Waals surface area contributed by atoms with Gasteiger partial charge in [-0.15, -0.1) is 0 Å². The van der Waals surface area contributed by atoms with E-state index in [9.17, 15) is 0 Å². The molecule has 0 aliphatic heterocycles. The van der Waals surface area contributed by atoms with Crippen LogP contribution >= 0.6 is 0 Å². The van der Waals surface area contributed by atoms with Crippen LogP contribution in [0, 0.1) is 11.8 Å². The standard InChI is InChI=1S/C19H13N/c1-2-4-18(5-3-1)19-10-8-16(9-11-19)6-7-17-12-14-20-15-13-17/h1-5,8-15H. The Labute approximate surface area is 118 Å². The van der Waals surface area contributed by atoms with Crippen LogP contribution in [-0.2, 0) is 0 Å². The Kier molecular flexibility index (Phi) is 3.57. The number of benzene rings is 2. The van der Waals surface area contributed by atoms with Crippen molar-refractivity contribution in [2.75, 3.05) is 0 Å². The normalized spacial score (nSPS) is 9.60. The van der Waals surface area contributed by atoms with Crippen molar-refractivity contribution in [2.45, 2.75) is 0 Å². The van der Waals surface area contributed by atoms with Crippen molar-refractivity contribution in [3.63, 3.8) is 0 Å². The predicted octanol–water partition coefficient (Wildman–Crippen LogP) is 4.15. The van der Waals surface area contributed by atoms with Gasteiger partial charge in [-0.2, -0.15) is 0 Å². The Morgan fingerprint density at radius 2 is 1.10 bits per heavy atom. The number of hydrogen-bond acceptors (Lipinski definition) is 1. The van der Waals surface area contributed by atoms with Crippen molar-refractivity contribution < 1.29 is 0 Å². The van der Waals surface area contributed by atoms with Gasteiger partial charge in [0.25, 0.3) is 0 Å². The van der Waals surface area contributed by atoms with E-state index in [1.807, 2.05) is 30.3 Å². The van der Waals surface area contributed by atoms with E-state index in [1.54, 1.807) is 12.4 Å². The Morgan fingerprint density at radius 3 is 1.75 bits per heavy atom. The van der Waals surface area contributed by atoms with Crippen LogP contribution in [0.15, 0.2) is 79.1 Å². The maximum atomic E-state index is 3.98. The number of nitrogens with zero attached hydrogens (tertiary/aromatic N) is 1. The van der Waals surface area contributed by atoms with Gasteiger partial charge in [-0.25, -0.2) is 0 Å². The van der Waals surface area contributed by atoms with Crippen LogP contribution in [0.3, 0.4) is 0 Å². The zero-order chi connectivity index (χ0) is 13.6. The zero-order valence-electron chi connectivity index (χ0n) is 11.0. The van der Waals surface area contributed by atoms with E-state index in [1.165, 1.54) is 11.1 Å². The summed E-state index contributed by atoms with van der Waals surface area (Å²) in [5, 5.41) is 0. The van der Waals surface area contributed by atoms with E-state index in [-0.39, 0.29) is 0 Å². The van der Waals surface area contributed by atoms with Crippen LogP contribution in [-0.4, -0.2) is 4.98 Å². The molecule has 1 heterocycles. The highest BCUT2D eigenvalue weighted by Gasteiger charge is 1.95. The second-order valence-electron chi connectivity index (χ2n) is 4.43. The molecule has 0 aliphatic carbocycles. The number of hydrogen-bond donors (Lipinski definition) is 0. The van der Waals surface area contributed by atoms with E-state index in [0.717, 1.165) is 11.1 Å². The minimum Gasteiger partial charge on any atom is -0.265 e. The summed E-state index contributed by atoms with van der Waals surface area (Å²) in [6.45, 7) is 0. The minimum atomic E-state index is 0.979. The van der Waals surface area contributed by atoms with Crippen molar-refractivity contribution in [3.8, 4) is 23.0 Å². The molecule has 0 spiro atoms. The number of rotatable bonds is 1. The predicted molar refractivity (Wildman–Crippen MR) is 82.1 cm³/mol. The Hall–Kier alpha value is -2.85. The summed E-state index contributed by atoms with van der Waals surface area (Å²) in [6, 6.07) is 22.5. The SMILES string of the molecule is C(#Cc1ccc(-c2ccccc2)cc1)c1ccncc1. The quantitative estimate of drug-likeness (QED) is 0.595. The summed E-state index contributed by atoms with van der Waals surface area (Å²) < 4.78 is 0. The lowest BCUT2D eigenvalue weighted by atomic mass is 10.0. The van der Waals surface area contributed by atoms with Crippen molar-refractivity contribution >= 4 is 0 Å². The molecule has 0 saturated heterocycles. The Bertz CT molecular complexity index is 733. The third-order valence-corrected chi connectivity index (χ3v) is 3.02. The highest BCUT2D eigenvalue weighted by Crippen LogP contribution is 2.18. The van der Waals surface area contributed by atoms with Gasteiger partial charge < -0.3 is 0 Å². The van der Waals surface area contributed by atoms with Crippen molar-refractivity contribution in [1.29, 1.82) is 0 Å². The summed E-state index contributed by atoms with van der Waals surface area (Å²) in [5.41, 5.74) is 4.43. The van der Waals surface area contributed by atoms with E-state index in [4.69, 9.17) is 0 Å². The molecule has 1 nitrogen and oxygen atoms in total. The van der Waals surface area contributed by atoms with Gasteiger partial charge in [0.15, 0.2) is 0 Å². The lowest BCUT2D eigenvalue weighted by Crippen LogP contribution is -1.79. The fourth-order valence-electron chi connectivity index (χ4n) is 1.96. The van der Waals surface area contributed by atoms with E-state index < -0.39 is 0 Å². The van der Waals surface area contributed by atoms with Crippen LogP contribution < -0.4 is 0 Å². The molecular weight excluding hydrogens is 242 g/mol. The van der Waals surface area contributed by atoms with Crippen molar-refractivity contribution in [1.82, 2.24) is 4.98 Å². The first-order chi connectivity index (χ1) is 9.92. The average Bonchev–Trinajstić information content (AvgIpc) is 2.55. The monoisotopic (exact) mass is 255 g/mol. The van der Waals surface area contributed by atoms with Crippen LogP contribution in [0.5, 0.6) is 0 Å². The third-order valence-electron chi connectivity index (χ3n) is 3.02. The Morgan fingerprint density at radius 1 is 0.550 bits per heavy atom. The highest BCUT2D eigenvalue weighted by molar-refractivity contribution is 5.64. The molecule has 0 N–H and O–H groups in total. The minimum absolute atomic E-state index is 0.979. The molecular formula is C19H13N. The average molecular weight is 255 g/mol. The lowest BCUT2D eigenvalue weighted by Gasteiger charge is -2.00. The van der Waals surface area contributed by atoms with E-state index in [0.29, 0.717) is 0 Å². The molecule has 94 valence electrons. The first-order valence-corrected chi connectivity index (χ1v) is 6.49. The smallest absolute Gasteiger partial charge is 0.0280 e. The van der Waals surface area contributed by atoms with Crippen molar-refractivity contribution in [2.24, 2.45) is 0 Å². The van der Waals surface area contributed by atoms with Gasteiger partial charge in [0.1, 0.15) is 0 Å². The topological polar surface area (TPSA) is 12.9 Å². The molecule has 1 heteroatoms. The van der Waals surface area contributed by atoms with E-state index in [2.05, 4.69) is 53.2 Å². The Balaban J connectivity index is 1.83. The van der Waals surface area contributed by atoms with Gasteiger partial charge in [0, 0.05) is 23.5 Å². The first-order valence-electron chi connectivity index (χ1n) is 6.49. The van der Waals surface area contributed by atoms with Gasteiger partial charge in [-0.05, 0) is 35.4 Å². The molecule has 20 heavy (non-hydrogen) atoms. The zero-order valence-corrected chi connectivity index (χ0v) is 11.0. The van der Waals surface area contributed by atoms with Crippen LogP contribution in [0.2, 0.25) is 0 Å². The molecule has 0 unspecified atom stereocenters. The van der Waals surface area contributed by atoms with Gasteiger partial charge in [0.05, 0.1) is 0 Å². The van der Waals surface area contributed by atoms with Crippen LogP contribution in [0.1, 0.15) is 11.1 Å². The van der Waals surface area contributed by atoms with Gasteiger partial charge in [-0.1, -0.05) is 54.3 Å². The number of aromatic nitrogens is 1. The summed E-state index contributed by atoms with van der Waals surface area (Å²) in [4.78, 5) is 3.98. The van der Waals surface area contributed by atoms with Gasteiger partial charge >= 0.3 is 0 Å². The molecule has 0 amide bonds. The largest absolute Gasteiger partial charge is 0.265 e. The van der Waals surface area contributed by atoms with Crippen LogP contribution in [0.4, 0.5) is 0 Å². The van der Waals surface area contributed by atoms with Crippen LogP contribution in [0.25, 0.3) is 11.1 Å². The highest BCUT2D eigenvalue weighted by atomic mass is 14.6. The maximum absolute atomic E-state index is 3.98. The molecule has 0 bridgehead atoms. The summed E-state index contributed by atoms with van der Waals surface area (Å²) in [7, 11) is 0. The molecule has 1 aromatic heterocycles. The first kappa shape index (κ1) is 12.2. The fraction of sp³-hybridized carbons (Fsp3) is 0. The third kappa shape index (κ3) is 2.93. The molecule has 0 fully saturated rings. The lowest BCUT2D eigenvalue weighted by molar-refractivity contribution is 1.32. The maximum Gasteiger partial charge on any atom is 0.0280 e. The second kappa shape index (κ2) is 5.86. The molecule has 0 saturated carbocycles. The summed E-state index contributed by atoms with van der Waals surface area (Å²) in [5.74, 6) is 6.29. The summed E-state index contributed by atoms with van der Waals surface area (Å²) >= 11 is 0. The van der Waals surface area contributed by atoms with E-state index >= 15 is 0 Å². The molecule has 3 rings (SSSR count). The number of pyridine rings is 1. The molecule has 0 atom stereocenters. The van der Waals surface area contributed by atoms with Crippen molar-refractivity contribution in [3.05, 3.63) is 90.3 Å². The molecule has 2 aromatic carbocycles. The second-order valence-corrected chi connectivity index (χ2v) is 4.43.